The molecule has 10 heteroatoms. The molecule has 0 spiro atoms. The van der Waals surface area contributed by atoms with E-state index in [0.29, 0.717) is 39.3 Å². The van der Waals surface area contributed by atoms with Gasteiger partial charge in [-0.05, 0) is 54.6 Å². The molecule has 3 heterocycles. The minimum Gasteiger partial charge on any atom is -0.438 e. The van der Waals surface area contributed by atoms with E-state index >= 15 is 0 Å². The maximum Gasteiger partial charge on any atom is 0.228 e. The first-order valence-corrected chi connectivity index (χ1v) is 10.7. The standard InChI is InChI=1S/C23H17Cl2N7O/c1-26-22-28-10-8-18(30-22)15-3-2-9-27-21(15)33-14-6-4-13(5-7-14)29-23-31-19-11-16(24)17(25)12-20(19)32-23/h2-12H,1H3,(H,26,28,30)(H2,29,31,32). The molecule has 0 bridgehead atoms. The Bertz CT molecular complexity index is 1400. The highest BCUT2D eigenvalue weighted by molar-refractivity contribution is 6.42. The quantitative estimate of drug-likeness (QED) is 0.263. The maximum atomic E-state index is 6.08. The molecule has 0 atom stereocenters. The summed E-state index contributed by atoms with van der Waals surface area (Å²) in [5.41, 5.74) is 3.81. The van der Waals surface area contributed by atoms with Gasteiger partial charge in [-0.3, -0.25) is 0 Å². The summed E-state index contributed by atoms with van der Waals surface area (Å²) >= 11 is 12.1. The van der Waals surface area contributed by atoms with E-state index in [-0.39, 0.29) is 0 Å². The molecule has 0 fully saturated rings. The van der Waals surface area contributed by atoms with E-state index in [9.17, 15) is 0 Å². The third-order valence-electron chi connectivity index (χ3n) is 4.78. The van der Waals surface area contributed by atoms with Crippen LogP contribution in [-0.2, 0) is 0 Å². The van der Waals surface area contributed by atoms with Crippen molar-refractivity contribution in [1.29, 1.82) is 0 Å². The van der Waals surface area contributed by atoms with Crippen molar-refractivity contribution in [1.82, 2.24) is 24.9 Å². The Hall–Kier alpha value is -3.88. The number of hydrogen-bond donors (Lipinski definition) is 3. The molecule has 2 aromatic carbocycles. The molecule has 0 aliphatic heterocycles. The largest absolute Gasteiger partial charge is 0.438 e. The number of benzene rings is 2. The normalized spacial score (nSPS) is 10.9. The van der Waals surface area contributed by atoms with E-state index in [1.165, 1.54) is 0 Å². The first-order valence-electron chi connectivity index (χ1n) is 9.95. The number of aromatic amines is 1. The number of rotatable bonds is 6. The van der Waals surface area contributed by atoms with Gasteiger partial charge in [-0.25, -0.2) is 19.9 Å². The van der Waals surface area contributed by atoms with Crippen LogP contribution in [0.4, 0.5) is 17.6 Å². The van der Waals surface area contributed by atoms with Crippen LogP contribution in [0.15, 0.2) is 67.0 Å². The highest BCUT2D eigenvalue weighted by atomic mass is 35.5. The lowest BCUT2D eigenvalue weighted by molar-refractivity contribution is 0.465. The summed E-state index contributed by atoms with van der Waals surface area (Å²) in [5, 5.41) is 7.09. The number of hydrogen-bond acceptors (Lipinski definition) is 7. The first kappa shape index (κ1) is 21.0. The van der Waals surface area contributed by atoms with E-state index in [1.807, 2.05) is 42.5 Å². The number of anilines is 3. The summed E-state index contributed by atoms with van der Waals surface area (Å²) in [4.78, 5) is 20.7. The molecule has 0 radical (unpaired) electrons. The minimum atomic E-state index is 0.449. The van der Waals surface area contributed by atoms with Crippen LogP contribution in [0.2, 0.25) is 10.0 Å². The topological polar surface area (TPSA) is 101 Å². The molecule has 8 nitrogen and oxygen atoms in total. The Balaban J connectivity index is 1.35. The lowest BCUT2D eigenvalue weighted by Gasteiger charge is -2.11. The van der Waals surface area contributed by atoms with E-state index in [4.69, 9.17) is 27.9 Å². The van der Waals surface area contributed by atoms with Gasteiger partial charge in [-0.1, -0.05) is 23.2 Å². The van der Waals surface area contributed by atoms with Gasteiger partial charge in [0.25, 0.3) is 0 Å². The van der Waals surface area contributed by atoms with Crippen LogP contribution in [0.3, 0.4) is 0 Å². The molecule has 0 amide bonds. The molecule has 0 aliphatic rings. The third-order valence-corrected chi connectivity index (χ3v) is 5.50. The van der Waals surface area contributed by atoms with Crippen molar-refractivity contribution in [2.45, 2.75) is 0 Å². The average Bonchev–Trinajstić information content (AvgIpc) is 3.21. The van der Waals surface area contributed by atoms with Crippen LogP contribution in [0.1, 0.15) is 0 Å². The second-order valence-corrected chi connectivity index (χ2v) is 7.81. The molecular formula is C23H17Cl2N7O. The summed E-state index contributed by atoms with van der Waals surface area (Å²) in [6, 6.07) is 16.5. The van der Waals surface area contributed by atoms with E-state index in [2.05, 4.69) is 35.6 Å². The number of H-pyrrole nitrogens is 1. The summed E-state index contributed by atoms with van der Waals surface area (Å²) in [7, 11) is 1.77. The summed E-state index contributed by atoms with van der Waals surface area (Å²) in [6.45, 7) is 0. The van der Waals surface area contributed by atoms with Gasteiger partial charge in [0.1, 0.15) is 5.75 Å². The monoisotopic (exact) mass is 477 g/mol. The number of fused-ring (bicyclic) bond motifs is 1. The molecule has 5 rings (SSSR count). The molecule has 3 aromatic heterocycles. The number of halogens is 2. The highest BCUT2D eigenvalue weighted by Crippen LogP contribution is 2.32. The predicted molar refractivity (Wildman–Crippen MR) is 131 cm³/mol. The maximum absolute atomic E-state index is 6.08. The van der Waals surface area contributed by atoms with Gasteiger partial charge in [-0.15, -0.1) is 0 Å². The van der Waals surface area contributed by atoms with Gasteiger partial charge >= 0.3 is 0 Å². The Kier molecular flexibility index (Phi) is 5.68. The fourth-order valence-electron chi connectivity index (χ4n) is 3.22. The zero-order chi connectivity index (χ0) is 22.8. The molecule has 164 valence electrons. The lowest BCUT2D eigenvalue weighted by atomic mass is 10.2. The SMILES string of the molecule is CNc1nccc(-c2cccnc2Oc2ccc(Nc3nc4cc(Cl)c(Cl)cc4[nH]3)cc2)n1. The number of nitrogens with zero attached hydrogens (tertiary/aromatic N) is 4. The van der Waals surface area contributed by atoms with Crippen molar-refractivity contribution in [3.63, 3.8) is 0 Å². The Morgan fingerprint density at radius 3 is 2.55 bits per heavy atom. The smallest absolute Gasteiger partial charge is 0.228 e. The lowest BCUT2D eigenvalue weighted by Crippen LogP contribution is -1.98. The molecular weight excluding hydrogens is 461 g/mol. The highest BCUT2D eigenvalue weighted by Gasteiger charge is 2.11. The summed E-state index contributed by atoms with van der Waals surface area (Å²) < 4.78 is 6.04. The number of imidazole rings is 1. The fourth-order valence-corrected chi connectivity index (χ4v) is 3.54. The predicted octanol–water partition coefficient (Wildman–Crippen LogP) is 6.30. The molecule has 0 aliphatic carbocycles. The average molecular weight is 478 g/mol. The molecule has 0 saturated carbocycles. The fraction of sp³-hybridized carbons (Fsp3) is 0.0435. The van der Waals surface area contributed by atoms with E-state index in [0.717, 1.165) is 22.3 Å². The van der Waals surface area contributed by atoms with E-state index < -0.39 is 0 Å². The van der Waals surface area contributed by atoms with Gasteiger partial charge in [0.2, 0.25) is 17.8 Å². The van der Waals surface area contributed by atoms with Crippen molar-refractivity contribution < 1.29 is 4.74 Å². The van der Waals surface area contributed by atoms with Crippen molar-refractivity contribution in [3.05, 3.63) is 77.0 Å². The Morgan fingerprint density at radius 2 is 1.73 bits per heavy atom. The second kappa shape index (κ2) is 8.93. The summed E-state index contributed by atoms with van der Waals surface area (Å²) in [6.07, 6.45) is 3.36. The van der Waals surface area contributed by atoms with Crippen LogP contribution >= 0.6 is 23.2 Å². The van der Waals surface area contributed by atoms with Crippen LogP contribution in [0.5, 0.6) is 11.6 Å². The van der Waals surface area contributed by atoms with Crippen LogP contribution in [0, 0.1) is 0 Å². The van der Waals surface area contributed by atoms with Crippen LogP contribution in [-0.4, -0.2) is 32.0 Å². The Labute approximate surface area is 199 Å². The van der Waals surface area contributed by atoms with Gasteiger partial charge in [0.15, 0.2) is 0 Å². The van der Waals surface area contributed by atoms with Crippen molar-refractivity contribution in [2.24, 2.45) is 0 Å². The second-order valence-electron chi connectivity index (χ2n) is 6.99. The van der Waals surface area contributed by atoms with Crippen molar-refractivity contribution in [2.75, 3.05) is 17.7 Å². The number of aromatic nitrogens is 5. The molecule has 5 aromatic rings. The molecule has 0 saturated heterocycles. The van der Waals surface area contributed by atoms with Gasteiger partial charge in [-0.2, -0.15) is 0 Å². The zero-order valence-electron chi connectivity index (χ0n) is 17.3. The van der Waals surface area contributed by atoms with Crippen molar-refractivity contribution in [3.8, 4) is 22.9 Å². The van der Waals surface area contributed by atoms with Crippen LogP contribution in [0.25, 0.3) is 22.3 Å². The number of pyridine rings is 1. The van der Waals surface area contributed by atoms with Gasteiger partial charge in [0, 0.05) is 25.1 Å². The third kappa shape index (κ3) is 4.52. The minimum absolute atomic E-state index is 0.449. The van der Waals surface area contributed by atoms with Gasteiger partial charge in [0.05, 0.1) is 32.3 Å². The molecule has 0 unspecified atom stereocenters. The Morgan fingerprint density at radius 1 is 0.909 bits per heavy atom. The van der Waals surface area contributed by atoms with E-state index in [1.54, 1.807) is 31.6 Å². The first-order chi connectivity index (χ1) is 16.1. The summed E-state index contributed by atoms with van der Waals surface area (Å²) in [5.74, 6) is 2.18. The number of nitrogens with one attached hydrogen (secondary N) is 3. The number of ether oxygens (including phenoxy) is 1. The van der Waals surface area contributed by atoms with Crippen LogP contribution < -0.4 is 15.4 Å². The van der Waals surface area contributed by atoms with Crippen molar-refractivity contribution >= 4 is 51.8 Å². The zero-order valence-corrected chi connectivity index (χ0v) is 18.8. The molecule has 3 N–H and O–H groups in total. The molecule has 33 heavy (non-hydrogen) atoms. The van der Waals surface area contributed by atoms with Gasteiger partial charge < -0.3 is 20.4 Å².